The highest BCUT2D eigenvalue weighted by atomic mass is 32.2. The van der Waals surface area contributed by atoms with E-state index in [-0.39, 0.29) is 16.6 Å². The van der Waals surface area contributed by atoms with Crippen LogP contribution < -0.4 is 9.46 Å². The lowest BCUT2D eigenvalue weighted by atomic mass is 10.0. The van der Waals surface area contributed by atoms with Crippen LogP contribution in [-0.2, 0) is 10.0 Å². The molecule has 4 rings (SSSR count). The van der Waals surface area contributed by atoms with Gasteiger partial charge in [-0.05, 0) is 54.5 Å². The summed E-state index contributed by atoms with van der Waals surface area (Å²) in [5.41, 5.74) is 2.36. The zero-order chi connectivity index (χ0) is 21.1. The molecule has 0 bridgehead atoms. The van der Waals surface area contributed by atoms with E-state index in [9.17, 15) is 8.42 Å². The molecule has 1 fully saturated rings. The molecule has 1 aromatic heterocycles. The van der Waals surface area contributed by atoms with Gasteiger partial charge in [0.25, 0.3) is 15.9 Å². The highest BCUT2D eigenvalue weighted by Gasteiger charge is 2.22. The Morgan fingerprint density at radius 2 is 1.63 bits per heavy atom. The van der Waals surface area contributed by atoms with Gasteiger partial charge in [0.05, 0.1) is 22.5 Å². The summed E-state index contributed by atoms with van der Waals surface area (Å²) in [6.45, 7) is 4.66. The molecule has 6 nitrogen and oxygen atoms in total. The van der Waals surface area contributed by atoms with E-state index in [1.54, 1.807) is 18.2 Å². The molecule has 0 unspecified atom stereocenters. The van der Waals surface area contributed by atoms with Crippen LogP contribution in [0.25, 0.3) is 11.0 Å². The van der Waals surface area contributed by atoms with Crippen molar-refractivity contribution in [1.29, 1.82) is 0 Å². The summed E-state index contributed by atoms with van der Waals surface area (Å²) < 4.78 is 34.5. The quantitative estimate of drug-likeness (QED) is 0.568. The monoisotopic (exact) mass is 425 g/mol. The predicted molar refractivity (Wildman–Crippen MR) is 118 cm³/mol. The van der Waals surface area contributed by atoms with Gasteiger partial charge >= 0.3 is 0 Å². The van der Waals surface area contributed by atoms with Crippen LogP contribution in [0.2, 0.25) is 0 Å². The number of hydrogen-bond donors (Lipinski definition) is 1. The molecule has 0 saturated heterocycles. The molecular weight excluding hydrogens is 398 g/mol. The second-order valence-electron chi connectivity index (χ2n) is 8.16. The van der Waals surface area contributed by atoms with E-state index >= 15 is 0 Å². The topological polar surface area (TPSA) is 81.2 Å². The van der Waals surface area contributed by atoms with E-state index in [0.717, 1.165) is 18.4 Å². The van der Waals surface area contributed by atoms with Crippen molar-refractivity contribution in [1.82, 2.24) is 9.97 Å². The molecule has 0 radical (unpaired) electrons. The molecular formula is C23H27N3O3S. The van der Waals surface area contributed by atoms with Crippen LogP contribution in [-0.4, -0.2) is 25.0 Å². The van der Waals surface area contributed by atoms with Gasteiger partial charge in [0, 0.05) is 0 Å². The van der Waals surface area contributed by atoms with Gasteiger partial charge in [0.2, 0.25) is 5.82 Å². The van der Waals surface area contributed by atoms with Crippen molar-refractivity contribution in [3.63, 3.8) is 0 Å². The van der Waals surface area contributed by atoms with E-state index in [2.05, 4.69) is 28.5 Å². The van der Waals surface area contributed by atoms with Crippen LogP contribution >= 0.6 is 0 Å². The minimum atomic E-state index is -3.82. The second kappa shape index (κ2) is 8.60. The lowest BCUT2D eigenvalue weighted by Crippen LogP contribution is -2.17. The Hall–Kier alpha value is -2.67. The van der Waals surface area contributed by atoms with Crippen LogP contribution in [0.5, 0.6) is 5.88 Å². The van der Waals surface area contributed by atoms with Gasteiger partial charge in [0.1, 0.15) is 0 Å². The SMILES string of the molecule is CC(C)c1ccc(S(=O)(=O)Nc2nc3ccccc3nc2OCC2CCCC2)cc1. The Labute approximate surface area is 177 Å². The molecule has 7 heteroatoms. The van der Waals surface area contributed by atoms with Gasteiger partial charge in [-0.3, -0.25) is 4.72 Å². The third kappa shape index (κ3) is 4.56. The van der Waals surface area contributed by atoms with E-state index < -0.39 is 10.0 Å². The van der Waals surface area contributed by atoms with Gasteiger partial charge in [-0.2, -0.15) is 0 Å². The van der Waals surface area contributed by atoms with Crippen LogP contribution in [0.4, 0.5) is 5.82 Å². The molecule has 0 spiro atoms. The predicted octanol–water partition coefficient (Wildman–Crippen LogP) is 5.12. The second-order valence-corrected chi connectivity index (χ2v) is 9.84. The Morgan fingerprint density at radius 1 is 1.00 bits per heavy atom. The maximum Gasteiger partial charge on any atom is 0.263 e. The lowest BCUT2D eigenvalue weighted by Gasteiger charge is -2.15. The normalized spacial score (nSPS) is 15.0. The minimum absolute atomic E-state index is 0.125. The van der Waals surface area contributed by atoms with Crippen molar-refractivity contribution in [2.24, 2.45) is 5.92 Å². The fourth-order valence-electron chi connectivity index (χ4n) is 3.74. The van der Waals surface area contributed by atoms with Crippen molar-refractivity contribution in [2.45, 2.75) is 50.3 Å². The summed E-state index contributed by atoms with van der Waals surface area (Å²) in [4.78, 5) is 9.22. The van der Waals surface area contributed by atoms with Crippen LogP contribution in [0.3, 0.4) is 0 Å². The number of para-hydroxylation sites is 2. The minimum Gasteiger partial charge on any atom is -0.475 e. The highest BCUT2D eigenvalue weighted by Crippen LogP contribution is 2.29. The summed E-state index contributed by atoms with van der Waals surface area (Å²) in [7, 11) is -3.82. The van der Waals surface area contributed by atoms with Gasteiger partial charge < -0.3 is 4.74 Å². The third-order valence-electron chi connectivity index (χ3n) is 5.56. The molecule has 158 valence electrons. The fourth-order valence-corrected chi connectivity index (χ4v) is 4.74. The van der Waals surface area contributed by atoms with Crippen molar-refractivity contribution in [3.8, 4) is 5.88 Å². The Morgan fingerprint density at radius 3 is 2.27 bits per heavy atom. The number of nitrogens with zero attached hydrogens (tertiary/aromatic N) is 2. The van der Waals surface area contributed by atoms with Crippen molar-refractivity contribution in [2.75, 3.05) is 11.3 Å². The molecule has 1 N–H and O–H groups in total. The van der Waals surface area contributed by atoms with Crippen molar-refractivity contribution >= 4 is 26.9 Å². The van der Waals surface area contributed by atoms with Crippen LogP contribution in [0.15, 0.2) is 53.4 Å². The van der Waals surface area contributed by atoms with Gasteiger partial charge in [-0.1, -0.05) is 51.0 Å². The Bertz CT molecular complexity index is 1120. The average Bonchev–Trinajstić information content (AvgIpc) is 3.25. The number of hydrogen-bond acceptors (Lipinski definition) is 5. The maximum absolute atomic E-state index is 13.0. The zero-order valence-corrected chi connectivity index (χ0v) is 18.2. The molecule has 1 heterocycles. The van der Waals surface area contributed by atoms with E-state index in [0.29, 0.717) is 29.5 Å². The summed E-state index contributed by atoms with van der Waals surface area (Å²) in [5, 5.41) is 0. The number of nitrogens with one attached hydrogen (secondary N) is 1. The first-order chi connectivity index (χ1) is 14.4. The van der Waals surface area contributed by atoms with Gasteiger partial charge in [-0.15, -0.1) is 0 Å². The van der Waals surface area contributed by atoms with Crippen molar-refractivity contribution in [3.05, 3.63) is 54.1 Å². The summed E-state index contributed by atoms with van der Waals surface area (Å²) in [5.74, 6) is 1.16. The maximum atomic E-state index is 13.0. The lowest BCUT2D eigenvalue weighted by molar-refractivity contribution is 0.245. The highest BCUT2D eigenvalue weighted by molar-refractivity contribution is 7.92. The molecule has 1 aliphatic carbocycles. The number of ether oxygens (including phenoxy) is 1. The Kier molecular flexibility index (Phi) is 5.90. The number of aromatic nitrogens is 2. The smallest absolute Gasteiger partial charge is 0.263 e. The van der Waals surface area contributed by atoms with Crippen LogP contribution in [0, 0.1) is 5.92 Å². The number of sulfonamides is 1. The van der Waals surface area contributed by atoms with E-state index in [1.165, 1.54) is 12.8 Å². The first-order valence-electron chi connectivity index (χ1n) is 10.4. The van der Waals surface area contributed by atoms with Crippen molar-refractivity contribution < 1.29 is 13.2 Å². The number of rotatable bonds is 7. The zero-order valence-electron chi connectivity index (χ0n) is 17.3. The fraction of sp³-hybridized carbons (Fsp3) is 0.391. The largest absolute Gasteiger partial charge is 0.475 e. The van der Waals surface area contributed by atoms with E-state index in [1.807, 2.05) is 30.3 Å². The Balaban J connectivity index is 1.64. The number of benzene rings is 2. The summed E-state index contributed by atoms with van der Waals surface area (Å²) in [6, 6.07) is 14.3. The van der Waals surface area contributed by atoms with E-state index in [4.69, 9.17) is 4.74 Å². The van der Waals surface area contributed by atoms with Gasteiger partial charge in [0.15, 0.2) is 0 Å². The standard InChI is InChI=1S/C23H27N3O3S/c1-16(2)18-11-13-19(14-12-18)30(27,28)26-22-23(29-15-17-7-3-4-8-17)25-21-10-6-5-9-20(21)24-22/h5-6,9-14,16-17H,3-4,7-8,15H2,1-2H3,(H,24,26). The number of fused-ring (bicyclic) bond motifs is 1. The first kappa shape index (κ1) is 20.6. The molecule has 30 heavy (non-hydrogen) atoms. The molecule has 3 aromatic rings. The van der Waals surface area contributed by atoms with Crippen LogP contribution in [0.1, 0.15) is 51.0 Å². The first-order valence-corrected chi connectivity index (χ1v) is 11.9. The molecule has 0 atom stereocenters. The molecule has 0 aliphatic heterocycles. The summed E-state index contributed by atoms with van der Waals surface area (Å²) >= 11 is 0. The molecule has 2 aromatic carbocycles. The summed E-state index contributed by atoms with van der Waals surface area (Å²) in [6.07, 6.45) is 4.68. The third-order valence-corrected chi connectivity index (χ3v) is 6.91. The number of anilines is 1. The van der Waals surface area contributed by atoms with Gasteiger partial charge in [-0.25, -0.2) is 18.4 Å². The molecule has 1 saturated carbocycles. The molecule has 0 amide bonds. The molecule has 1 aliphatic rings. The average molecular weight is 426 g/mol.